The van der Waals surface area contributed by atoms with Crippen molar-refractivity contribution in [1.82, 2.24) is 10.3 Å². The molecule has 0 spiro atoms. The van der Waals surface area contributed by atoms with Gasteiger partial charge in [-0.05, 0) is 13.1 Å². The number of hydrogen-bond acceptors (Lipinski definition) is 4. The predicted molar refractivity (Wildman–Crippen MR) is 60.2 cm³/mol. The van der Waals surface area contributed by atoms with Gasteiger partial charge in [-0.3, -0.25) is 4.79 Å². The number of nitrogens with one attached hydrogen (secondary N) is 1. The molecule has 16 heavy (non-hydrogen) atoms. The Bertz CT molecular complexity index is 478. The summed E-state index contributed by atoms with van der Waals surface area (Å²) in [6.07, 6.45) is 3.06. The highest BCUT2D eigenvalue weighted by Crippen LogP contribution is 2.21. The van der Waals surface area contributed by atoms with Gasteiger partial charge >= 0.3 is 0 Å². The minimum absolute atomic E-state index is 0.0244. The molecule has 0 aliphatic carbocycles. The van der Waals surface area contributed by atoms with Crippen molar-refractivity contribution in [3.8, 4) is 11.5 Å². The van der Waals surface area contributed by atoms with Crippen LogP contribution in [0.3, 0.4) is 0 Å². The third-order valence-electron chi connectivity index (χ3n) is 2.23. The van der Waals surface area contributed by atoms with Crippen molar-refractivity contribution in [1.29, 1.82) is 0 Å². The lowest BCUT2D eigenvalue weighted by Crippen LogP contribution is -2.19. The molecule has 0 saturated carbocycles. The van der Waals surface area contributed by atoms with Crippen LogP contribution in [0.5, 0.6) is 0 Å². The summed E-state index contributed by atoms with van der Waals surface area (Å²) < 4.78 is 5.20. The monoisotopic (exact) mass is 216 g/mol. The molecule has 0 fully saturated rings. The zero-order valence-corrected chi connectivity index (χ0v) is 8.93. The van der Waals surface area contributed by atoms with Crippen molar-refractivity contribution in [2.24, 2.45) is 0 Å². The minimum atomic E-state index is 0.0244. The highest BCUT2D eigenvalue weighted by atomic mass is 16.3. The van der Waals surface area contributed by atoms with Crippen molar-refractivity contribution in [2.75, 3.05) is 13.6 Å². The van der Waals surface area contributed by atoms with Gasteiger partial charge in [0.15, 0.2) is 5.78 Å². The maximum atomic E-state index is 11.8. The van der Waals surface area contributed by atoms with Crippen LogP contribution in [-0.2, 0) is 0 Å². The number of rotatable bonds is 4. The molecule has 0 saturated heterocycles. The first kappa shape index (κ1) is 10.6. The SMILES string of the molecule is CNCC(=O)c1ccccc1-c1ncco1. The number of carbonyl (C=O) groups is 1. The molecule has 0 bridgehead atoms. The van der Waals surface area contributed by atoms with Crippen LogP contribution < -0.4 is 5.32 Å². The second kappa shape index (κ2) is 4.72. The van der Waals surface area contributed by atoms with Gasteiger partial charge in [0.25, 0.3) is 0 Å². The second-order valence-electron chi connectivity index (χ2n) is 3.34. The van der Waals surface area contributed by atoms with Crippen molar-refractivity contribution < 1.29 is 9.21 Å². The Morgan fingerprint density at radius 1 is 1.44 bits per heavy atom. The molecule has 4 nitrogen and oxygen atoms in total. The summed E-state index contributed by atoms with van der Waals surface area (Å²) in [6.45, 7) is 0.303. The molecule has 1 aromatic carbocycles. The number of likely N-dealkylation sites (N-methyl/N-ethyl adjacent to an activating group) is 1. The number of ketones is 1. The summed E-state index contributed by atoms with van der Waals surface area (Å²) in [4.78, 5) is 15.9. The maximum Gasteiger partial charge on any atom is 0.226 e. The molecule has 0 amide bonds. The number of aromatic nitrogens is 1. The van der Waals surface area contributed by atoms with Crippen LogP contribution in [0.15, 0.2) is 41.1 Å². The molecule has 2 aromatic rings. The lowest BCUT2D eigenvalue weighted by atomic mass is 10.0. The van der Waals surface area contributed by atoms with Crippen LogP contribution in [0.25, 0.3) is 11.5 Å². The first-order chi connectivity index (χ1) is 7.83. The lowest BCUT2D eigenvalue weighted by molar-refractivity contribution is 0.0994. The first-order valence-corrected chi connectivity index (χ1v) is 4.99. The fourth-order valence-corrected chi connectivity index (χ4v) is 1.53. The van der Waals surface area contributed by atoms with E-state index in [-0.39, 0.29) is 5.78 Å². The van der Waals surface area contributed by atoms with E-state index >= 15 is 0 Å². The van der Waals surface area contributed by atoms with Gasteiger partial charge in [0.05, 0.1) is 12.7 Å². The maximum absolute atomic E-state index is 11.8. The molecule has 2 rings (SSSR count). The predicted octanol–water partition coefficient (Wildman–Crippen LogP) is 1.74. The van der Waals surface area contributed by atoms with Crippen molar-refractivity contribution in [3.05, 3.63) is 42.3 Å². The van der Waals surface area contributed by atoms with E-state index in [1.807, 2.05) is 18.2 Å². The number of carbonyl (C=O) groups excluding carboxylic acids is 1. The minimum Gasteiger partial charge on any atom is -0.445 e. The molecular formula is C12H12N2O2. The first-order valence-electron chi connectivity index (χ1n) is 4.99. The summed E-state index contributed by atoms with van der Waals surface area (Å²) in [5.74, 6) is 0.497. The number of hydrogen-bond donors (Lipinski definition) is 1. The van der Waals surface area contributed by atoms with Crippen molar-refractivity contribution >= 4 is 5.78 Å². The molecule has 0 aliphatic rings. The third-order valence-corrected chi connectivity index (χ3v) is 2.23. The molecule has 1 N–H and O–H groups in total. The smallest absolute Gasteiger partial charge is 0.226 e. The van der Waals surface area contributed by atoms with Gasteiger partial charge in [0.2, 0.25) is 5.89 Å². The second-order valence-corrected chi connectivity index (χ2v) is 3.34. The van der Waals surface area contributed by atoms with Gasteiger partial charge < -0.3 is 9.73 Å². The van der Waals surface area contributed by atoms with Crippen LogP contribution in [-0.4, -0.2) is 24.4 Å². The van der Waals surface area contributed by atoms with Gasteiger partial charge in [0.1, 0.15) is 6.26 Å². The molecule has 1 heterocycles. The number of oxazole rings is 1. The molecule has 0 atom stereocenters. The highest BCUT2D eigenvalue weighted by molar-refractivity contribution is 6.02. The summed E-state index contributed by atoms with van der Waals surface area (Å²) in [5, 5.41) is 2.84. The van der Waals surface area contributed by atoms with E-state index in [2.05, 4.69) is 10.3 Å². The van der Waals surface area contributed by atoms with E-state index in [1.165, 1.54) is 6.26 Å². The number of benzene rings is 1. The highest BCUT2D eigenvalue weighted by Gasteiger charge is 2.13. The average Bonchev–Trinajstić information content (AvgIpc) is 2.83. The molecule has 1 aromatic heterocycles. The number of nitrogens with zero attached hydrogens (tertiary/aromatic N) is 1. The van der Waals surface area contributed by atoms with Gasteiger partial charge in [0, 0.05) is 11.1 Å². The molecule has 0 unspecified atom stereocenters. The average molecular weight is 216 g/mol. The zero-order valence-electron chi connectivity index (χ0n) is 8.93. The van der Waals surface area contributed by atoms with Crippen LogP contribution >= 0.6 is 0 Å². The summed E-state index contributed by atoms with van der Waals surface area (Å²) in [6, 6.07) is 7.29. The van der Waals surface area contributed by atoms with Gasteiger partial charge in [-0.2, -0.15) is 0 Å². The molecular weight excluding hydrogens is 204 g/mol. The van der Waals surface area contributed by atoms with Crippen LogP contribution in [0.1, 0.15) is 10.4 Å². The van der Waals surface area contributed by atoms with E-state index in [0.29, 0.717) is 18.0 Å². The van der Waals surface area contributed by atoms with Crippen molar-refractivity contribution in [3.63, 3.8) is 0 Å². The Hall–Kier alpha value is -1.94. The van der Waals surface area contributed by atoms with E-state index in [0.717, 1.165) is 5.56 Å². The topological polar surface area (TPSA) is 55.1 Å². The molecule has 82 valence electrons. The third kappa shape index (κ3) is 2.01. The van der Waals surface area contributed by atoms with Gasteiger partial charge in [-0.1, -0.05) is 18.2 Å². The molecule has 0 aliphatic heterocycles. The normalized spacial score (nSPS) is 10.3. The Morgan fingerprint density at radius 2 is 2.25 bits per heavy atom. The standard InChI is InChI=1S/C12H12N2O2/c1-13-8-11(15)9-4-2-3-5-10(9)12-14-6-7-16-12/h2-7,13H,8H2,1H3. The van der Waals surface area contributed by atoms with Gasteiger partial charge in [-0.15, -0.1) is 0 Å². The lowest BCUT2D eigenvalue weighted by Gasteiger charge is -2.04. The zero-order chi connectivity index (χ0) is 11.4. The fraction of sp³-hybridized carbons (Fsp3) is 0.167. The Balaban J connectivity index is 2.42. The number of Topliss-reactive ketones (excluding diaryl/α,β-unsaturated/α-hetero) is 1. The quantitative estimate of drug-likeness (QED) is 0.791. The van der Waals surface area contributed by atoms with Crippen LogP contribution in [0.2, 0.25) is 0 Å². The van der Waals surface area contributed by atoms with Crippen molar-refractivity contribution in [2.45, 2.75) is 0 Å². The van der Waals surface area contributed by atoms with E-state index in [4.69, 9.17) is 4.42 Å². The Kier molecular flexibility index (Phi) is 3.12. The van der Waals surface area contributed by atoms with Gasteiger partial charge in [-0.25, -0.2) is 4.98 Å². The Morgan fingerprint density at radius 3 is 2.94 bits per heavy atom. The fourth-order valence-electron chi connectivity index (χ4n) is 1.53. The largest absolute Gasteiger partial charge is 0.445 e. The molecule has 4 heteroatoms. The summed E-state index contributed by atoms with van der Waals surface area (Å²) >= 11 is 0. The Labute approximate surface area is 93.3 Å². The van der Waals surface area contributed by atoms with Crippen LogP contribution in [0, 0.1) is 0 Å². The molecule has 0 radical (unpaired) electrons. The summed E-state index contributed by atoms with van der Waals surface area (Å²) in [5.41, 5.74) is 1.35. The van der Waals surface area contributed by atoms with E-state index in [9.17, 15) is 4.79 Å². The van der Waals surface area contributed by atoms with Crippen LogP contribution in [0.4, 0.5) is 0 Å². The van der Waals surface area contributed by atoms with E-state index < -0.39 is 0 Å². The summed E-state index contributed by atoms with van der Waals surface area (Å²) in [7, 11) is 1.74. The van der Waals surface area contributed by atoms with E-state index in [1.54, 1.807) is 19.3 Å².